The second-order valence-electron chi connectivity index (χ2n) is 4.45. The summed E-state index contributed by atoms with van der Waals surface area (Å²) in [7, 11) is 0. The highest BCUT2D eigenvalue weighted by Crippen LogP contribution is 2.16. The number of amides is 1. The summed E-state index contributed by atoms with van der Waals surface area (Å²) in [6.45, 7) is 4.20. The summed E-state index contributed by atoms with van der Waals surface area (Å²) in [5.41, 5.74) is 1.69. The SMILES string of the molecule is CCC1C(=O)NCCN1Cc1ccccc1C#N. The monoisotopic (exact) mass is 243 g/mol. The van der Waals surface area contributed by atoms with Crippen LogP contribution < -0.4 is 5.32 Å². The topological polar surface area (TPSA) is 56.1 Å². The van der Waals surface area contributed by atoms with Gasteiger partial charge in [-0.25, -0.2) is 0 Å². The van der Waals surface area contributed by atoms with Crippen LogP contribution in [0.2, 0.25) is 0 Å². The van der Waals surface area contributed by atoms with Crippen LogP contribution >= 0.6 is 0 Å². The molecule has 1 unspecified atom stereocenters. The van der Waals surface area contributed by atoms with E-state index in [0.29, 0.717) is 18.7 Å². The summed E-state index contributed by atoms with van der Waals surface area (Å²) >= 11 is 0. The minimum absolute atomic E-state index is 0.0782. The van der Waals surface area contributed by atoms with E-state index in [2.05, 4.69) is 16.3 Å². The van der Waals surface area contributed by atoms with Crippen molar-refractivity contribution in [2.45, 2.75) is 25.9 Å². The predicted octanol–water partition coefficient (Wildman–Crippen LogP) is 1.27. The lowest BCUT2D eigenvalue weighted by atomic mass is 10.0. The van der Waals surface area contributed by atoms with E-state index in [4.69, 9.17) is 5.26 Å². The molecule has 0 saturated carbocycles. The molecule has 1 amide bonds. The molecule has 4 heteroatoms. The normalized spacial score (nSPS) is 20.2. The lowest BCUT2D eigenvalue weighted by Gasteiger charge is -2.34. The van der Waals surface area contributed by atoms with Crippen LogP contribution in [0.15, 0.2) is 24.3 Å². The van der Waals surface area contributed by atoms with Crippen molar-refractivity contribution >= 4 is 5.91 Å². The second-order valence-corrected chi connectivity index (χ2v) is 4.45. The zero-order chi connectivity index (χ0) is 13.0. The van der Waals surface area contributed by atoms with E-state index in [1.165, 1.54) is 0 Å². The first-order valence-electron chi connectivity index (χ1n) is 6.26. The van der Waals surface area contributed by atoms with Crippen molar-refractivity contribution in [3.63, 3.8) is 0 Å². The molecule has 4 nitrogen and oxygen atoms in total. The second kappa shape index (κ2) is 5.65. The van der Waals surface area contributed by atoms with Crippen molar-refractivity contribution < 1.29 is 4.79 Å². The Kier molecular flexibility index (Phi) is 3.96. The van der Waals surface area contributed by atoms with Gasteiger partial charge in [-0.1, -0.05) is 25.1 Å². The van der Waals surface area contributed by atoms with Crippen LogP contribution in [0, 0.1) is 11.3 Å². The number of nitriles is 1. The molecule has 0 radical (unpaired) electrons. The molecular weight excluding hydrogens is 226 g/mol. The van der Waals surface area contributed by atoms with Gasteiger partial charge in [-0.15, -0.1) is 0 Å². The summed E-state index contributed by atoms with van der Waals surface area (Å²) in [6, 6.07) is 9.69. The molecule has 1 fully saturated rings. The van der Waals surface area contributed by atoms with Gasteiger partial charge in [0.15, 0.2) is 0 Å². The lowest BCUT2D eigenvalue weighted by molar-refractivity contribution is -0.129. The van der Waals surface area contributed by atoms with E-state index in [1.807, 2.05) is 31.2 Å². The Morgan fingerprint density at radius 1 is 1.50 bits per heavy atom. The third-order valence-corrected chi connectivity index (χ3v) is 3.34. The van der Waals surface area contributed by atoms with Crippen LogP contribution in [0.1, 0.15) is 24.5 Å². The van der Waals surface area contributed by atoms with Gasteiger partial charge in [-0.3, -0.25) is 9.69 Å². The summed E-state index contributed by atoms with van der Waals surface area (Å²) in [4.78, 5) is 13.9. The molecule has 1 saturated heterocycles. The predicted molar refractivity (Wildman–Crippen MR) is 68.7 cm³/mol. The van der Waals surface area contributed by atoms with Crippen LogP contribution in [-0.4, -0.2) is 29.9 Å². The maximum atomic E-state index is 11.8. The molecule has 0 spiro atoms. The largest absolute Gasteiger partial charge is 0.353 e. The highest BCUT2D eigenvalue weighted by Gasteiger charge is 2.28. The van der Waals surface area contributed by atoms with Crippen LogP contribution in [-0.2, 0) is 11.3 Å². The fourth-order valence-corrected chi connectivity index (χ4v) is 2.38. The molecule has 0 aromatic heterocycles. The molecule has 1 aliphatic heterocycles. The van der Waals surface area contributed by atoms with Gasteiger partial charge in [0.05, 0.1) is 17.7 Å². The summed E-state index contributed by atoms with van der Waals surface area (Å²) < 4.78 is 0. The molecule has 1 aromatic rings. The zero-order valence-corrected chi connectivity index (χ0v) is 10.5. The summed E-state index contributed by atoms with van der Waals surface area (Å²) in [5, 5.41) is 12.0. The fraction of sp³-hybridized carbons (Fsp3) is 0.429. The van der Waals surface area contributed by atoms with Crippen LogP contribution in [0.5, 0.6) is 0 Å². The highest BCUT2D eigenvalue weighted by molar-refractivity contribution is 5.82. The molecule has 1 N–H and O–H groups in total. The summed E-state index contributed by atoms with van der Waals surface area (Å²) in [6.07, 6.45) is 0.792. The number of nitrogens with zero attached hydrogens (tertiary/aromatic N) is 2. The number of piperazine rings is 1. The van der Waals surface area contributed by atoms with Crippen LogP contribution in [0.25, 0.3) is 0 Å². The van der Waals surface area contributed by atoms with E-state index in [-0.39, 0.29) is 11.9 Å². The number of hydrogen-bond donors (Lipinski definition) is 1. The van der Waals surface area contributed by atoms with Crippen LogP contribution in [0.3, 0.4) is 0 Å². The zero-order valence-electron chi connectivity index (χ0n) is 10.5. The van der Waals surface area contributed by atoms with E-state index in [1.54, 1.807) is 0 Å². The van der Waals surface area contributed by atoms with Crippen molar-refractivity contribution in [2.75, 3.05) is 13.1 Å². The smallest absolute Gasteiger partial charge is 0.237 e. The van der Waals surface area contributed by atoms with Gasteiger partial charge in [-0.05, 0) is 18.1 Å². The molecule has 1 atom stereocenters. The molecule has 2 rings (SSSR count). The molecule has 18 heavy (non-hydrogen) atoms. The molecular formula is C14H17N3O. The lowest BCUT2D eigenvalue weighted by Crippen LogP contribution is -2.54. The summed E-state index contributed by atoms with van der Waals surface area (Å²) in [5.74, 6) is 0.0955. The fourth-order valence-electron chi connectivity index (χ4n) is 2.38. The minimum atomic E-state index is -0.0782. The number of nitrogens with one attached hydrogen (secondary N) is 1. The van der Waals surface area contributed by atoms with E-state index >= 15 is 0 Å². The first-order valence-corrected chi connectivity index (χ1v) is 6.26. The maximum absolute atomic E-state index is 11.8. The Morgan fingerprint density at radius 3 is 3.00 bits per heavy atom. The van der Waals surface area contributed by atoms with Gasteiger partial charge >= 0.3 is 0 Å². The van der Waals surface area contributed by atoms with Crippen molar-refractivity contribution in [3.8, 4) is 6.07 Å². The van der Waals surface area contributed by atoms with Gasteiger partial charge in [0, 0.05) is 19.6 Å². The van der Waals surface area contributed by atoms with Crippen molar-refractivity contribution in [3.05, 3.63) is 35.4 Å². The number of carbonyl (C=O) groups excluding carboxylic acids is 1. The standard InChI is InChI=1S/C14H17N3O/c1-2-13-14(18)16-7-8-17(13)10-12-6-4-3-5-11(12)9-15/h3-6,13H,2,7-8,10H2,1H3,(H,16,18). The molecule has 1 aromatic carbocycles. The first kappa shape index (κ1) is 12.6. The molecule has 94 valence electrons. The Morgan fingerprint density at radius 2 is 2.28 bits per heavy atom. The quantitative estimate of drug-likeness (QED) is 0.869. The number of rotatable bonds is 3. The highest BCUT2D eigenvalue weighted by atomic mass is 16.2. The molecule has 1 heterocycles. The van der Waals surface area contributed by atoms with Crippen LogP contribution in [0.4, 0.5) is 0 Å². The van der Waals surface area contributed by atoms with Crippen molar-refractivity contribution in [2.24, 2.45) is 0 Å². The maximum Gasteiger partial charge on any atom is 0.237 e. The third kappa shape index (κ3) is 2.52. The first-order chi connectivity index (χ1) is 8.76. The Labute approximate surface area is 107 Å². The Bertz CT molecular complexity index is 478. The van der Waals surface area contributed by atoms with Gasteiger partial charge in [0.1, 0.15) is 0 Å². The van der Waals surface area contributed by atoms with E-state index in [9.17, 15) is 4.79 Å². The van der Waals surface area contributed by atoms with E-state index < -0.39 is 0 Å². The average Bonchev–Trinajstić information content (AvgIpc) is 2.40. The number of benzene rings is 1. The minimum Gasteiger partial charge on any atom is -0.353 e. The van der Waals surface area contributed by atoms with Gasteiger partial charge in [0.2, 0.25) is 5.91 Å². The van der Waals surface area contributed by atoms with E-state index in [0.717, 1.165) is 18.5 Å². The van der Waals surface area contributed by atoms with Gasteiger partial charge in [-0.2, -0.15) is 5.26 Å². The number of hydrogen-bond acceptors (Lipinski definition) is 3. The third-order valence-electron chi connectivity index (χ3n) is 3.34. The Balaban J connectivity index is 2.17. The molecule has 1 aliphatic rings. The molecule has 0 aliphatic carbocycles. The van der Waals surface area contributed by atoms with Crippen molar-refractivity contribution in [1.29, 1.82) is 5.26 Å². The van der Waals surface area contributed by atoms with Gasteiger partial charge < -0.3 is 5.32 Å². The number of carbonyl (C=O) groups is 1. The molecule has 0 bridgehead atoms. The van der Waals surface area contributed by atoms with Crippen molar-refractivity contribution in [1.82, 2.24) is 10.2 Å². The Hall–Kier alpha value is -1.86. The average molecular weight is 243 g/mol. The van der Waals surface area contributed by atoms with Gasteiger partial charge in [0.25, 0.3) is 0 Å².